The third-order valence-electron chi connectivity index (χ3n) is 2.70. The van der Waals surface area contributed by atoms with Crippen molar-refractivity contribution in [1.29, 1.82) is 0 Å². The smallest absolute Gasteiger partial charge is 0.271 e. The van der Waals surface area contributed by atoms with E-state index in [1.54, 1.807) is 12.1 Å². The Morgan fingerprint density at radius 3 is 2.55 bits per heavy atom. The lowest BCUT2D eigenvalue weighted by Gasteiger charge is -2.09. The highest BCUT2D eigenvalue weighted by Gasteiger charge is 2.10. The zero-order valence-electron chi connectivity index (χ0n) is 11.5. The van der Waals surface area contributed by atoms with E-state index in [2.05, 4.69) is 10.4 Å². The lowest BCUT2D eigenvalue weighted by atomic mass is 10.2. The molecule has 5 nitrogen and oxygen atoms in total. The van der Waals surface area contributed by atoms with E-state index >= 15 is 0 Å². The van der Waals surface area contributed by atoms with Gasteiger partial charge in [0.1, 0.15) is 5.69 Å². The predicted molar refractivity (Wildman–Crippen MR) is 77.0 cm³/mol. The molecule has 1 aromatic carbocycles. The Hall–Kier alpha value is -2.43. The molecule has 1 aromatic heterocycles. The summed E-state index contributed by atoms with van der Waals surface area (Å²) in [6.45, 7) is 4.60. The first-order chi connectivity index (χ1) is 9.58. The number of para-hydroxylation sites is 1. The Balaban J connectivity index is 2.30. The number of amides is 1. The average Bonchev–Trinajstić information content (AvgIpc) is 2.46. The zero-order valence-corrected chi connectivity index (χ0v) is 11.5. The standard InChI is InChI=1S/C15H17N3O2/c1-11(2)10-16-15(20)13-8-9-14(19)18(17-13)12-6-4-3-5-7-12/h3-9,11H,10H2,1-2H3,(H,16,20). The molecule has 20 heavy (non-hydrogen) atoms. The maximum Gasteiger partial charge on any atom is 0.271 e. The van der Waals surface area contributed by atoms with E-state index in [0.717, 1.165) is 0 Å². The van der Waals surface area contributed by atoms with Crippen LogP contribution in [0.3, 0.4) is 0 Å². The molecule has 2 rings (SSSR count). The first-order valence-corrected chi connectivity index (χ1v) is 6.52. The van der Waals surface area contributed by atoms with Crippen molar-refractivity contribution >= 4 is 5.91 Å². The first kappa shape index (κ1) is 14.0. The second-order valence-electron chi connectivity index (χ2n) is 4.91. The highest BCUT2D eigenvalue weighted by atomic mass is 16.2. The first-order valence-electron chi connectivity index (χ1n) is 6.52. The minimum atomic E-state index is -0.275. The highest BCUT2D eigenvalue weighted by Crippen LogP contribution is 2.02. The molecule has 0 unspecified atom stereocenters. The fraction of sp³-hybridized carbons (Fsp3) is 0.267. The van der Waals surface area contributed by atoms with Crippen molar-refractivity contribution in [2.75, 3.05) is 6.54 Å². The Labute approximate surface area is 117 Å². The van der Waals surface area contributed by atoms with E-state index in [-0.39, 0.29) is 17.2 Å². The fourth-order valence-electron chi connectivity index (χ4n) is 1.67. The summed E-state index contributed by atoms with van der Waals surface area (Å²) in [6.07, 6.45) is 0. The number of benzene rings is 1. The predicted octanol–water partition coefficient (Wildman–Crippen LogP) is 1.62. The van der Waals surface area contributed by atoms with Crippen LogP contribution >= 0.6 is 0 Å². The van der Waals surface area contributed by atoms with Gasteiger partial charge in [0, 0.05) is 12.6 Å². The van der Waals surface area contributed by atoms with Crippen LogP contribution in [0.25, 0.3) is 5.69 Å². The molecule has 1 heterocycles. The van der Waals surface area contributed by atoms with Crippen LogP contribution in [-0.4, -0.2) is 22.2 Å². The lowest BCUT2D eigenvalue weighted by Crippen LogP contribution is -2.31. The van der Waals surface area contributed by atoms with Crippen LogP contribution < -0.4 is 10.9 Å². The maximum absolute atomic E-state index is 12.0. The number of hydrogen-bond donors (Lipinski definition) is 1. The van der Waals surface area contributed by atoms with Gasteiger partial charge < -0.3 is 5.32 Å². The fourth-order valence-corrected chi connectivity index (χ4v) is 1.67. The largest absolute Gasteiger partial charge is 0.350 e. The number of carbonyl (C=O) groups excluding carboxylic acids is 1. The molecule has 0 spiro atoms. The van der Waals surface area contributed by atoms with Crippen LogP contribution in [0.2, 0.25) is 0 Å². The molecular formula is C15H17N3O2. The molecular weight excluding hydrogens is 254 g/mol. The zero-order chi connectivity index (χ0) is 14.5. The number of nitrogens with one attached hydrogen (secondary N) is 1. The SMILES string of the molecule is CC(C)CNC(=O)c1ccc(=O)n(-c2ccccc2)n1. The number of hydrogen-bond acceptors (Lipinski definition) is 3. The van der Waals surface area contributed by atoms with Gasteiger partial charge in [-0.05, 0) is 24.1 Å². The topological polar surface area (TPSA) is 64.0 Å². The second kappa shape index (κ2) is 6.14. The highest BCUT2D eigenvalue weighted by molar-refractivity contribution is 5.92. The Morgan fingerprint density at radius 1 is 1.20 bits per heavy atom. The van der Waals surface area contributed by atoms with Crippen LogP contribution in [0.5, 0.6) is 0 Å². The van der Waals surface area contributed by atoms with Gasteiger partial charge in [0.15, 0.2) is 0 Å². The summed E-state index contributed by atoms with van der Waals surface area (Å²) in [4.78, 5) is 23.8. The monoisotopic (exact) mass is 271 g/mol. The minimum Gasteiger partial charge on any atom is -0.350 e. The number of nitrogens with zero attached hydrogens (tertiary/aromatic N) is 2. The molecule has 0 radical (unpaired) electrons. The summed E-state index contributed by atoms with van der Waals surface area (Å²) >= 11 is 0. The third-order valence-corrected chi connectivity index (χ3v) is 2.70. The van der Waals surface area contributed by atoms with Crippen molar-refractivity contribution < 1.29 is 4.79 Å². The van der Waals surface area contributed by atoms with Crippen molar-refractivity contribution in [2.24, 2.45) is 5.92 Å². The van der Waals surface area contributed by atoms with Crippen LogP contribution in [0.15, 0.2) is 47.3 Å². The molecule has 0 saturated carbocycles. The van der Waals surface area contributed by atoms with E-state index < -0.39 is 0 Å². The molecule has 104 valence electrons. The van der Waals surface area contributed by atoms with Gasteiger partial charge in [0.2, 0.25) is 0 Å². The van der Waals surface area contributed by atoms with E-state index in [9.17, 15) is 9.59 Å². The molecule has 1 amide bonds. The Morgan fingerprint density at radius 2 is 1.90 bits per heavy atom. The lowest BCUT2D eigenvalue weighted by molar-refractivity contribution is 0.0942. The van der Waals surface area contributed by atoms with Crippen LogP contribution in [0.4, 0.5) is 0 Å². The number of carbonyl (C=O) groups is 1. The molecule has 2 aromatic rings. The van der Waals surface area contributed by atoms with Crippen LogP contribution in [0, 0.1) is 5.92 Å². The van der Waals surface area contributed by atoms with E-state index in [4.69, 9.17) is 0 Å². The van der Waals surface area contributed by atoms with Gasteiger partial charge in [0.25, 0.3) is 11.5 Å². The quantitative estimate of drug-likeness (QED) is 0.919. The minimum absolute atomic E-state index is 0.231. The number of rotatable bonds is 4. The molecule has 0 bridgehead atoms. The van der Waals surface area contributed by atoms with Crippen molar-refractivity contribution in [3.05, 3.63) is 58.5 Å². The average molecular weight is 271 g/mol. The van der Waals surface area contributed by atoms with Crippen molar-refractivity contribution in [2.45, 2.75) is 13.8 Å². The van der Waals surface area contributed by atoms with Gasteiger partial charge in [-0.1, -0.05) is 32.0 Å². The molecule has 0 fully saturated rings. The maximum atomic E-state index is 12.0. The van der Waals surface area contributed by atoms with Crippen LogP contribution in [0.1, 0.15) is 24.3 Å². The van der Waals surface area contributed by atoms with Crippen LogP contribution in [-0.2, 0) is 0 Å². The van der Waals surface area contributed by atoms with Gasteiger partial charge in [-0.25, -0.2) is 0 Å². The summed E-state index contributed by atoms with van der Waals surface area (Å²) in [5.74, 6) is 0.0855. The van der Waals surface area contributed by atoms with E-state index in [1.807, 2.05) is 32.0 Å². The van der Waals surface area contributed by atoms with E-state index in [0.29, 0.717) is 18.2 Å². The van der Waals surface area contributed by atoms with Gasteiger partial charge in [-0.15, -0.1) is 0 Å². The van der Waals surface area contributed by atoms with Gasteiger partial charge in [-0.2, -0.15) is 9.78 Å². The molecule has 1 N–H and O–H groups in total. The normalized spacial score (nSPS) is 10.6. The molecule has 0 aliphatic carbocycles. The Bertz CT molecular complexity index is 648. The molecule has 0 saturated heterocycles. The van der Waals surface area contributed by atoms with Gasteiger partial charge >= 0.3 is 0 Å². The van der Waals surface area contributed by atoms with Gasteiger partial charge in [-0.3, -0.25) is 9.59 Å². The molecule has 5 heteroatoms. The van der Waals surface area contributed by atoms with Gasteiger partial charge in [0.05, 0.1) is 5.69 Å². The summed E-state index contributed by atoms with van der Waals surface area (Å²) < 4.78 is 1.23. The summed E-state index contributed by atoms with van der Waals surface area (Å²) in [7, 11) is 0. The Kier molecular flexibility index (Phi) is 4.30. The molecule has 0 atom stereocenters. The summed E-state index contributed by atoms with van der Waals surface area (Å²) in [5, 5.41) is 6.89. The van der Waals surface area contributed by atoms with Crippen molar-refractivity contribution in [1.82, 2.24) is 15.1 Å². The van der Waals surface area contributed by atoms with E-state index in [1.165, 1.54) is 16.8 Å². The molecule has 0 aliphatic heterocycles. The van der Waals surface area contributed by atoms with Crippen molar-refractivity contribution in [3.8, 4) is 5.69 Å². The second-order valence-corrected chi connectivity index (χ2v) is 4.91. The molecule has 0 aliphatic rings. The summed E-state index contributed by atoms with van der Waals surface area (Å²) in [5.41, 5.74) is 0.599. The summed E-state index contributed by atoms with van der Waals surface area (Å²) in [6, 6.07) is 11.8. The van der Waals surface area contributed by atoms with Crippen molar-refractivity contribution in [3.63, 3.8) is 0 Å². The number of aromatic nitrogens is 2. The third kappa shape index (κ3) is 3.32.